The first-order valence-electron chi connectivity index (χ1n) is 11.2. The Morgan fingerprint density at radius 1 is 0.933 bits per heavy atom. The second-order valence-corrected chi connectivity index (χ2v) is 8.06. The summed E-state index contributed by atoms with van der Waals surface area (Å²) in [5, 5.41) is 0. The second kappa shape index (κ2) is 11.4. The zero-order chi connectivity index (χ0) is 21.2. The molecule has 0 radical (unpaired) electrons. The Bertz CT molecular complexity index is 913. The number of hydrogen-bond donors (Lipinski definition) is 0. The Kier molecular flexibility index (Phi) is 8.31. The summed E-state index contributed by atoms with van der Waals surface area (Å²) in [7, 11) is 0. The smallest absolute Gasteiger partial charge is 0.223 e. The first-order valence-corrected chi connectivity index (χ1v) is 11.2. The van der Waals surface area contributed by atoms with Crippen LogP contribution in [0.15, 0.2) is 72.9 Å². The van der Waals surface area contributed by atoms with Crippen LogP contribution in [-0.4, -0.2) is 21.9 Å². The zero-order valence-electron chi connectivity index (χ0n) is 18.4. The summed E-state index contributed by atoms with van der Waals surface area (Å²) in [4.78, 5) is 15.1. The standard InChI is InChI=1S/C27H34N2O/c1-3-4-10-19-29(27(30)18-17-24-13-6-5-7-14-24)22-26-16-11-20-28(26)21-25-15-9-8-12-23(25)2/h5-9,11-16,20H,3-4,10,17-19,21-22H2,1-2H3. The predicted molar refractivity (Wildman–Crippen MR) is 124 cm³/mol. The zero-order valence-corrected chi connectivity index (χ0v) is 18.4. The summed E-state index contributed by atoms with van der Waals surface area (Å²) in [6, 6.07) is 23.0. The molecule has 0 saturated carbocycles. The van der Waals surface area contributed by atoms with Crippen LogP contribution >= 0.6 is 0 Å². The maximum Gasteiger partial charge on any atom is 0.223 e. The number of rotatable bonds is 11. The molecule has 3 heteroatoms. The molecule has 0 unspecified atom stereocenters. The maximum absolute atomic E-state index is 13.1. The van der Waals surface area contributed by atoms with Crippen LogP contribution in [-0.2, 0) is 24.3 Å². The number of aryl methyl sites for hydroxylation is 2. The highest BCUT2D eigenvalue weighted by Gasteiger charge is 2.16. The van der Waals surface area contributed by atoms with Gasteiger partial charge in [-0.05, 0) is 48.6 Å². The van der Waals surface area contributed by atoms with Crippen molar-refractivity contribution in [1.29, 1.82) is 0 Å². The van der Waals surface area contributed by atoms with Crippen molar-refractivity contribution >= 4 is 5.91 Å². The molecular weight excluding hydrogens is 368 g/mol. The minimum absolute atomic E-state index is 0.249. The number of hydrogen-bond acceptors (Lipinski definition) is 1. The molecule has 158 valence electrons. The molecular formula is C27H34N2O. The van der Waals surface area contributed by atoms with Crippen LogP contribution in [0.4, 0.5) is 0 Å². The molecule has 0 aliphatic heterocycles. The van der Waals surface area contributed by atoms with Crippen molar-refractivity contribution in [2.75, 3.05) is 6.54 Å². The lowest BCUT2D eigenvalue weighted by molar-refractivity contribution is -0.132. The molecule has 0 bridgehead atoms. The predicted octanol–water partition coefficient (Wildman–Crippen LogP) is 6.00. The van der Waals surface area contributed by atoms with Crippen molar-refractivity contribution in [3.63, 3.8) is 0 Å². The van der Waals surface area contributed by atoms with Crippen molar-refractivity contribution < 1.29 is 4.79 Å². The van der Waals surface area contributed by atoms with Gasteiger partial charge in [0.1, 0.15) is 0 Å². The van der Waals surface area contributed by atoms with Gasteiger partial charge in [0.15, 0.2) is 0 Å². The molecule has 0 aliphatic carbocycles. The lowest BCUT2D eigenvalue weighted by Gasteiger charge is -2.24. The van der Waals surface area contributed by atoms with Gasteiger partial charge in [0, 0.05) is 31.4 Å². The molecule has 0 aliphatic rings. The Morgan fingerprint density at radius 2 is 1.70 bits per heavy atom. The lowest BCUT2D eigenvalue weighted by Crippen LogP contribution is -2.32. The number of benzene rings is 2. The van der Waals surface area contributed by atoms with E-state index in [0.717, 1.165) is 38.8 Å². The van der Waals surface area contributed by atoms with Crippen LogP contribution in [0.2, 0.25) is 0 Å². The van der Waals surface area contributed by atoms with E-state index in [-0.39, 0.29) is 5.91 Å². The molecule has 30 heavy (non-hydrogen) atoms. The third-order valence-corrected chi connectivity index (χ3v) is 5.73. The van der Waals surface area contributed by atoms with Gasteiger partial charge in [0.2, 0.25) is 5.91 Å². The Hall–Kier alpha value is -2.81. The van der Waals surface area contributed by atoms with Gasteiger partial charge in [-0.25, -0.2) is 0 Å². The summed E-state index contributed by atoms with van der Waals surface area (Å²) in [6.07, 6.45) is 6.87. The van der Waals surface area contributed by atoms with Crippen LogP contribution in [0.1, 0.15) is 55.0 Å². The van der Waals surface area contributed by atoms with Crippen molar-refractivity contribution in [3.05, 3.63) is 95.3 Å². The number of unbranched alkanes of at least 4 members (excludes halogenated alkanes) is 2. The van der Waals surface area contributed by atoms with Gasteiger partial charge >= 0.3 is 0 Å². The third kappa shape index (κ3) is 6.35. The minimum atomic E-state index is 0.249. The van der Waals surface area contributed by atoms with Gasteiger partial charge in [0.05, 0.1) is 6.54 Å². The molecule has 1 amide bonds. The number of carbonyl (C=O) groups is 1. The van der Waals surface area contributed by atoms with E-state index < -0.39 is 0 Å². The molecule has 0 fully saturated rings. The van der Waals surface area contributed by atoms with Crippen LogP contribution in [0.5, 0.6) is 0 Å². The highest BCUT2D eigenvalue weighted by molar-refractivity contribution is 5.76. The number of carbonyl (C=O) groups excluding carboxylic acids is 1. The molecule has 3 aromatic rings. The van der Waals surface area contributed by atoms with Gasteiger partial charge in [-0.15, -0.1) is 0 Å². The first-order chi connectivity index (χ1) is 14.7. The fourth-order valence-electron chi connectivity index (χ4n) is 3.81. The van der Waals surface area contributed by atoms with Gasteiger partial charge in [-0.1, -0.05) is 74.4 Å². The quantitative estimate of drug-likeness (QED) is 0.361. The van der Waals surface area contributed by atoms with Crippen LogP contribution < -0.4 is 0 Å². The Balaban J connectivity index is 1.68. The fraction of sp³-hybridized carbons (Fsp3) is 0.370. The maximum atomic E-state index is 13.1. The van der Waals surface area contributed by atoms with Crippen molar-refractivity contribution in [2.24, 2.45) is 0 Å². The highest BCUT2D eigenvalue weighted by Crippen LogP contribution is 2.15. The van der Waals surface area contributed by atoms with Crippen molar-refractivity contribution in [2.45, 2.75) is 59.0 Å². The monoisotopic (exact) mass is 402 g/mol. The average molecular weight is 403 g/mol. The van der Waals surface area contributed by atoms with E-state index in [1.165, 1.54) is 22.4 Å². The first kappa shape index (κ1) is 21.9. The van der Waals surface area contributed by atoms with Crippen molar-refractivity contribution in [1.82, 2.24) is 9.47 Å². The van der Waals surface area contributed by atoms with E-state index in [2.05, 4.69) is 78.0 Å². The Morgan fingerprint density at radius 3 is 2.47 bits per heavy atom. The van der Waals surface area contributed by atoms with Crippen LogP contribution in [0.25, 0.3) is 0 Å². The molecule has 1 aromatic heterocycles. The van der Waals surface area contributed by atoms with E-state index in [0.29, 0.717) is 13.0 Å². The van der Waals surface area contributed by atoms with Gasteiger partial charge in [0.25, 0.3) is 0 Å². The number of aromatic nitrogens is 1. The normalized spacial score (nSPS) is 10.9. The molecule has 3 rings (SSSR count). The number of nitrogens with zero attached hydrogens (tertiary/aromatic N) is 2. The molecule has 0 spiro atoms. The topological polar surface area (TPSA) is 25.2 Å². The minimum Gasteiger partial charge on any atom is -0.345 e. The molecule has 0 saturated heterocycles. The fourth-order valence-corrected chi connectivity index (χ4v) is 3.81. The van der Waals surface area contributed by atoms with E-state index in [1.807, 2.05) is 18.2 Å². The molecule has 2 aromatic carbocycles. The van der Waals surface area contributed by atoms with Gasteiger partial charge < -0.3 is 9.47 Å². The van der Waals surface area contributed by atoms with Crippen LogP contribution in [0, 0.1) is 6.92 Å². The largest absolute Gasteiger partial charge is 0.345 e. The lowest BCUT2D eigenvalue weighted by atomic mass is 10.1. The molecule has 3 nitrogen and oxygen atoms in total. The van der Waals surface area contributed by atoms with Crippen molar-refractivity contribution in [3.8, 4) is 0 Å². The molecule has 0 atom stereocenters. The van der Waals surface area contributed by atoms with E-state index >= 15 is 0 Å². The second-order valence-electron chi connectivity index (χ2n) is 8.06. The highest BCUT2D eigenvalue weighted by atomic mass is 16.2. The summed E-state index contributed by atoms with van der Waals surface area (Å²) >= 11 is 0. The van der Waals surface area contributed by atoms with E-state index in [4.69, 9.17) is 0 Å². The SMILES string of the molecule is CCCCCN(Cc1cccn1Cc1ccccc1C)C(=O)CCc1ccccc1. The summed E-state index contributed by atoms with van der Waals surface area (Å²) in [5.41, 5.74) is 5.05. The third-order valence-electron chi connectivity index (χ3n) is 5.73. The molecule has 0 N–H and O–H groups in total. The summed E-state index contributed by atoms with van der Waals surface area (Å²) in [6.45, 7) is 6.71. The van der Waals surface area contributed by atoms with Crippen LogP contribution in [0.3, 0.4) is 0 Å². The Labute approximate surface area is 181 Å². The van der Waals surface area contributed by atoms with Gasteiger partial charge in [-0.2, -0.15) is 0 Å². The summed E-state index contributed by atoms with van der Waals surface area (Å²) in [5.74, 6) is 0.249. The van der Waals surface area contributed by atoms with Gasteiger partial charge in [-0.3, -0.25) is 4.79 Å². The average Bonchev–Trinajstić information content (AvgIpc) is 3.20. The summed E-state index contributed by atoms with van der Waals surface area (Å²) < 4.78 is 2.28. The van der Waals surface area contributed by atoms with E-state index in [1.54, 1.807) is 0 Å². The number of amides is 1. The van der Waals surface area contributed by atoms with E-state index in [9.17, 15) is 4.79 Å². The molecule has 1 heterocycles.